The number of halogens is 3. The SMILES string of the molecule is CC.Cc1ccc(Nc2c(C(N)=O)cc(CNO)c(F)c2F)c(F)c1. The molecule has 0 aliphatic heterocycles. The molecule has 0 fully saturated rings. The fraction of sp³-hybridized carbons (Fsp3) is 0.235. The molecule has 2 aromatic rings. The number of hydrogen-bond donors (Lipinski definition) is 4. The van der Waals surface area contributed by atoms with Gasteiger partial charge < -0.3 is 16.3 Å². The molecule has 0 saturated carbocycles. The lowest BCUT2D eigenvalue weighted by Gasteiger charge is -2.15. The van der Waals surface area contributed by atoms with Gasteiger partial charge in [-0.15, -0.1) is 0 Å². The number of aryl methyl sites for hydroxylation is 1. The maximum atomic E-state index is 14.2. The van der Waals surface area contributed by atoms with Crippen LogP contribution < -0.4 is 16.5 Å². The predicted octanol–water partition coefficient (Wildman–Crippen LogP) is 3.76. The molecule has 0 atom stereocenters. The number of benzene rings is 2. The van der Waals surface area contributed by atoms with E-state index in [-0.39, 0.29) is 16.8 Å². The Balaban J connectivity index is 0.00000151. The van der Waals surface area contributed by atoms with Gasteiger partial charge in [0.15, 0.2) is 11.6 Å². The maximum absolute atomic E-state index is 14.2. The summed E-state index contributed by atoms with van der Waals surface area (Å²) >= 11 is 0. The van der Waals surface area contributed by atoms with E-state index < -0.39 is 35.6 Å². The van der Waals surface area contributed by atoms with Gasteiger partial charge in [-0.25, -0.2) is 18.7 Å². The average molecular weight is 355 g/mol. The number of hydroxylamine groups is 1. The molecule has 0 spiro atoms. The van der Waals surface area contributed by atoms with E-state index in [0.29, 0.717) is 5.56 Å². The molecule has 5 nitrogen and oxygen atoms in total. The van der Waals surface area contributed by atoms with E-state index in [2.05, 4.69) is 5.32 Å². The van der Waals surface area contributed by atoms with E-state index in [1.807, 2.05) is 13.8 Å². The van der Waals surface area contributed by atoms with Gasteiger partial charge in [0.2, 0.25) is 0 Å². The smallest absolute Gasteiger partial charge is 0.250 e. The Morgan fingerprint density at radius 1 is 1.16 bits per heavy atom. The zero-order valence-electron chi connectivity index (χ0n) is 14.1. The highest BCUT2D eigenvalue weighted by molar-refractivity contribution is 5.99. The lowest BCUT2D eigenvalue weighted by Crippen LogP contribution is -2.18. The molecule has 0 aliphatic rings. The molecule has 2 aromatic carbocycles. The van der Waals surface area contributed by atoms with Crippen molar-refractivity contribution in [2.24, 2.45) is 5.73 Å². The van der Waals surface area contributed by atoms with Gasteiger partial charge >= 0.3 is 0 Å². The fourth-order valence-corrected chi connectivity index (χ4v) is 2.07. The molecular formula is C17H20F3N3O2. The Labute approximate surface area is 143 Å². The Morgan fingerprint density at radius 3 is 2.32 bits per heavy atom. The van der Waals surface area contributed by atoms with E-state index in [4.69, 9.17) is 10.9 Å². The fourth-order valence-electron chi connectivity index (χ4n) is 2.07. The zero-order chi connectivity index (χ0) is 19.1. The van der Waals surface area contributed by atoms with Crippen LogP contribution >= 0.6 is 0 Å². The first-order valence-electron chi connectivity index (χ1n) is 7.56. The van der Waals surface area contributed by atoms with E-state index in [0.717, 1.165) is 6.07 Å². The molecule has 2 rings (SSSR count). The second-order valence-corrected chi connectivity index (χ2v) is 4.89. The van der Waals surface area contributed by atoms with Crippen molar-refractivity contribution in [2.75, 3.05) is 5.32 Å². The van der Waals surface area contributed by atoms with E-state index >= 15 is 0 Å². The summed E-state index contributed by atoms with van der Waals surface area (Å²) in [4.78, 5) is 11.5. The van der Waals surface area contributed by atoms with Gasteiger partial charge in [0.1, 0.15) is 5.82 Å². The number of primary amides is 1. The van der Waals surface area contributed by atoms with Crippen LogP contribution in [0.3, 0.4) is 0 Å². The van der Waals surface area contributed by atoms with Crippen LogP contribution in [0.5, 0.6) is 0 Å². The predicted molar refractivity (Wildman–Crippen MR) is 89.3 cm³/mol. The van der Waals surface area contributed by atoms with Gasteiger partial charge in [-0.2, -0.15) is 0 Å². The monoisotopic (exact) mass is 355 g/mol. The summed E-state index contributed by atoms with van der Waals surface area (Å²) in [6.07, 6.45) is 0. The number of amides is 1. The van der Waals surface area contributed by atoms with Crippen LogP contribution in [0.25, 0.3) is 0 Å². The first-order chi connectivity index (χ1) is 11.8. The van der Waals surface area contributed by atoms with Crippen LogP contribution in [0.2, 0.25) is 0 Å². The van der Waals surface area contributed by atoms with E-state index in [9.17, 15) is 18.0 Å². The molecular weight excluding hydrogens is 335 g/mol. The molecule has 25 heavy (non-hydrogen) atoms. The van der Waals surface area contributed by atoms with Crippen molar-refractivity contribution in [3.63, 3.8) is 0 Å². The first-order valence-corrected chi connectivity index (χ1v) is 7.56. The number of nitrogens with two attached hydrogens (primary N) is 1. The standard InChI is InChI=1S/C15H14F3N3O2.C2H6/c1-7-2-3-11(10(16)4-7)21-14-9(15(19)22)5-8(6-20-23)12(17)13(14)18;1-2/h2-5,20-21,23H,6H2,1H3,(H2,19,22);1-2H3. The van der Waals surface area contributed by atoms with Gasteiger partial charge in [0.05, 0.1) is 16.9 Å². The molecule has 0 unspecified atom stereocenters. The average Bonchev–Trinajstić information content (AvgIpc) is 2.58. The minimum Gasteiger partial charge on any atom is -0.366 e. The third-order valence-corrected chi connectivity index (χ3v) is 3.20. The lowest BCUT2D eigenvalue weighted by molar-refractivity contribution is 0.1000. The van der Waals surface area contributed by atoms with Gasteiger partial charge in [0.25, 0.3) is 5.91 Å². The molecule has 0 radical (unpaired) electrons. The molecule has 1 amide bonds. The van der Waals surface area contributed by atoms with Gasteiger partial charge in [-0.05, 0) is 30.7 Å². The molecule has 0 aromatic heterocycles. The zero-order valence-corrected chi connectivity index (χ0v) is 14.1. The molecule has 0 aliphatic carbocycles. The van der Waals surface area contributed by atoms with Crippen LogP contribution in [-0.4, -0.2) is 11.1 Å². The highest BCUT2D eigenvalue weighted by atomic mass is 19.2. The quantitative estimate of drug-likeness (QED) is 0.615. The number of carbonyl (C=O) groups excluding carboxylic acids is 1. The summed E-state index contributed by atoms with van der Waals surface area (Å²) in [6, 6.07) is 5.08. The Morgan fingerprint density at radius 2 is 1.80 bits per heavy atom. The minimum atomic E-state index is -1.40. The summed E-state index contributed by atoms with van der Waals surface area (Å²) in [6.45, 7) is 5.24. The number of hydrogen-bond acceptors (Lipinski definition) is 4. The van der Waals surface area contributed by atoms with Crippen molar-refractivity contribution in [3.8, 4) is 0 Å². The highest BCUT2D eigenvalue weighted by Gasteiger charge is 2.22. The second-order valence-electron chi connectivity index (χ2n) is 4.89. The topological polar surface area (TPSA) is 87.4 Å². The van der Waals surface area contributed by atoms with Crippen LogP contribution in [-0.2, 0) is 6.54 Å². The first kappa shape index (κ1) is 20.5. The highest BCUT2D eigenvalue weighted by Crippen LogP contribution is 2.30. The maximum Gasteiger partial charge on any atom is 0.250 e. The van der Waals surface area contributed by atoms with Crippen molar-refractivity contribution in [1.29, 1.82) is 0 Å². The number of nitrogens with one attached hydrogen (secondary N) is 2. The number of carbonyl (C=O) groups is 1. The van der Waals surface area contributed by atoms with Crippen molar-refractivity contribution in [3.05, 3.63) is 58.4 Å². The van der Waals surface area contributed by atoms with Crippen molar-refractivity contribution in [2.45, 2.75) is 27.3 Å². The molecule has 136 valence electrons. The summed E-state index contributed by atoms with van der Waals surface area (Å²) in [7, 11) is 0. The van der Waals surface area contributed by atoms with E-state index in [1.54, 1.807) is 18.5 Å². The molecule has 0 bridgehead atoms. The number of rotatable bonds is 5. The largest absolute Gasteiger partial charge is 0.366 e. The Kier molecular flexibility index (Phi) is 7.41. The van der Waals surface area contributed by atoms with Crippen LogP contribution in [0.15, 0.2) is 24.3 Å². The minimum absolute atomic E-state index is 0.135. The normalized spacial score (nSPS) is 10.0. The van der Waals surface area contributed by atoms with E-state index in [1.165, 1.54) is 12.1 Å². The molecule has 5 N–H and O–H groups in total. The van der Waals surface area contributed by atoms with Gasteiger partial charge in [0, 0.05) is 12.1 Å². The third kappa shape index (κ3) is 4.71. The summed E-state index contributed by atoms with van der Waals surface area (Å²) in [5.74, 6) is -4.41. The second kappa shape index (κ2) is 9.05. The molecule has 8 heteroatoms. The Hall–Kier alpha value is -2.58. The summed E-state index contributed by atoms with van der Waals surface area (Å²) in [5.41, 5.74) is 6.10. The van der Waals surface area contributed by atoms with Crippen LogP contribution in [0.4, 0.5) is 24.5 Å². The third-order valence-electron chi connectivity index (χ3n) is 3.20. The van der Waals surface area contributed by atoms with Crippen LogP contribution in [0.1, 0.15) is 35.3 Å². The van der Waals surface area contributed by atoms with Gasteiger partial charge in [-0.1, -0.05) is 19.9 Å². The van der Waals surface area contributed by atoms with Crippen molar-refractivity contribution in [1.82, 2.24) is 5.48 Å². The van der Waals surface area contributed by atoms with Crippen molar-refractivity contribution >= 4 is 17.3 Å². The van der Waals surface area contributed by atoms with Crippen molar-refractivity contribution < 1.29 is 23.2 Å². The Bertz CT molecular complexity index is 767. The number of anilines is 2. The lowest BCUT2D eigenvalue weighted by atomic mass is 10.1. The van der Waals surface area contributed by atoms with Gasteiger partial charge in [-0.3, -0.25) is 4.79 Å². The molecule has 0 heterocycles. The summed E-state index contributed by atoms with van der Waals surface area (Å²) < 4.78 is 42.0. The summed E-state index contributed by atoms with van der Waals surface area (Å²) in [5, 5.41) is 11.0. The van der Waals surface area contributed by atoms with Crippen LogP contribution in [0, 0.1) is 24.4 Å². The molecule has 0 saturated heterocycles.